The van der Waals surface area contributed by atoms with Gasteiger partial charge in [0, 0.05) is 95.1 Å². The molecule has 8 fully saturated rings. The highest BCUT2D eigenvalue weighted by Gasteiger charge is 2.62. The van der Waals surface area contributed by atoms with Crippen LogP contribution in [0.3, 0.4) is 0 Å². The minimum atomic E-state index is -1.32. The van der Waals surface area contributed by atoms with E-state index in [9.17, 15) is 19.5 Å². The molecule has 0 spiro atoms. The molecule has 0 aliphatic heterocycles. The number of aliphatic hydroxyl groups excluding tert-OH is 1. The number of ether oxygens (including phenoxy) is 3. The molecule has 0 amide bonds. The molecule has 0 radical (unpaired) electrons. The number of fused-ring (bicyclic) bond motifs is 20. The van der Waals surface area contributed by atoms with E-state index in [1.54, 1.807) is 24.7 Å². The third-order valence-electron chi connectivity index (χ3n) is 34.4. The van der Waals surface area contributed by atoms with Crippen molar-refractivity contribution < 1.29 is 43.3 Å². The second-order valence-electron chi connectivity index (χ2n) is 39.8. The molecule has 24 atom stereocenters. The second kappa shape index (κ2) is 30.4. The summed E-state index contributed by atoms with van der Waals surface area (Å²) in [6.07, 6.45) is 50.2. The molecular formula is C102H130N4O7. The molecule has 0 bridgehead atoms. The van der Waals surface area contributed by atoms with Crippen LogP contribution in [0.1, 0.15) is 288 Å². The topological polar surface area (TPSA) is 151 Å². The zero-order chi connectivity index (χ0) is 84.8. The van der Waals surface area contributed by atoms with Gasteiger partial charge in [-0.15, -0.1) is 0 Å². The van der Waals surface area contributed by atoms with E-state index in [4.69, 9.17) is 23.8 Å². The normalized spacial score (nSPS) is 43.6. The number of nitrogens with zero attached hydrogens (tertiary/aromatic N) is 4. The Balaban J connectivity index is 0.000000114. The van der Waals surface area contributed by atoms with E-state index in [0.717, 1.165) is 200 Å². The van der Waals surface area contributed by atoms with Crippen molar-refractivity contribution in [2.75, 3.05) is 0 Å². The molecule has 16 aliphatic carbocycles. The molecule has 16 aliphatic rings. The first-order valence-corrected chi connectivity index (χ1v) is 43.9. The SMILES string of the molecule is [2H]C1([2H])C=C(c2cccnc2)[C@@]2(C)CCC3C(CC=C4C[C@@H](O)CC[C@@]43C)C12.[2H]C1([2H])C=C(c2cccnc2)[C@@]2(C)CCC3C(CC=C4C[C@@H](OC(C)=O)CC[C@@]43C)C12.[2H]C1=C(c2ccc([2H])nc2)[C@@]2(C)CCC3C(CC=C4C[C@@H](OC(C)=O)CC[C@@]43C)C2C1.[2H]C1=C(c2cccnc2)[C@@]2(C)CCC3C(CC=C4C[C@@H](OC(C)=O)CC[C@@]43C)C2C1. The van der Waals surface area contributed by atoms with Crippen molar-refractivity contribution >= 4 is 40.2 Å². The van der Waals surface area contributed by atoms with Crippen LogP contribution >= 0.6 is 0 Å². The maximum atomic E-state index is 11.5. The highest BCUT2D eigenvalue weighted by molar-refractivity contribution is 5.76. The minimum absolute atomic E-state index is 0.000923. The van der Waals surface area contributed by atoms with Gasteiger partial charge in [-0.05, 0) is 344 Å². The summed E-state index contributed by atoms with van der Waals surface area (Å²) in [7, 11) is 0. The number of hydrogen-bond acceptors (Lipinski definition) is 11. The summed E-state index contributed by atoms with van der Waals surface area (Å²) in [6, 6.07) is 17.5. The van der Waals surface area contributed by atoms with E-state index in [2.05, 4.69) is 118 Å². The summed E-state index contributed by atoms with van der Waals surface area (Å²) in [5, 5.41) is 10.2. The van der Waals surface area contributed by atoms with Crippen LogP contribution in [0.5, 0.6) is 0 Å². The fourth-order valence-corrected chi connectivity index (χ4v) is 28.4. The molecular weight excluding hydrogens is 1390 g/mol. The van der Waals surface area contributed by atoms with E-state index in [-0.39, 0.29) is 104 Å². The smallest absolute Gasteiger partial charge is 0.302 e. The fourth-order valence-electron chi connectivity index (χ4n) is 28.4. The Hall–Kier alpha value is -7.11. The van der Waals surface area contributed by atoms with Gasteiger partial charge in [0.15, 0.2) is 0 Å². The van der Waals surface area contributed by atoms with Crippen LogP contribution in [0.2, 0.25) is 0 Å². The van der Waals surface area contributed by atoms with Crippen molar-refractivity contribution in [2.24, 2.45) is 114 Å². The van der Waals surface area contributed by atoms with Gasteiger partial charge in [0.25, 0.3) is 0 Å². The molecule has 20 rings (SSSR count). The predicted molar refractivity (Wildman–Crippen MR) is 450 cm³/mol. The van der Waals surface area contributed by atoms with Gasteiger partial charge in [0.2, 0.25) is 0 Å². The Morgan fingerprint density at radius 2 is 0.664 bits per heavy atom. The Bertz CT molecular complexity index is 4910. The number of esters is 3. The lowest BCUT2D eigenvalue weighted by atomic mass is 9.47. The van der Waals surface area contributed by atoms with Crippen LogP contribution in [0, 0.1) is 114 Å². The summed E-state index contributed by atoms with van der Waals surface area (Å²) in [5.41, 5.74) is 15.4. The molecule has 4 aromatic rings. The van der Waals surface area contributed by atoms with Crippen LogP contribution in [0.25, 0.3) is 22.3 Å². The van der Waals surface area contributed by atoms with E-state index in [0.29, 0.717) is 59.2 Å². The van der Waals surface area contributed by atoms with Crippen LogP contribution in [-0.4, -0.2) is 67.4 Å². The average Bonchev–Trinajstić information content (AvgIpc) is 1.53. The maximum absolute atomic E-state index is 11.5. The highest BCUT2D eigenvalue weighted by Crippen LogP contribution is 2.72. The lowest BCUT2D eigenvalue weighted by Crippen LogP contribution is -2.50. The van der Waals surface area contributed by atoms with Crippen LogP contribution < -0.4 is 0 Å². The Labute approximate surface area is 685 Å². The second-order valence-corrected chi connectivity index (χ2v) is 39.8. The largest absolute Gasteiger partial charge is 0.462 e. The molecule has 11 nitrogen and oxygen atoms in total. The van der Waals surface area contributed by atoms with E-state index >= 15 is 0 Å². The van der Waals surface area contributed by atoms with Gasteiger partial charge < -0.3 is 19.3 Å². The van der Waals surface area contributed by atoms with Crippen molar-refractivity contribution in [2.45, 2.75) is 280 Å². The monoisotopic (exact) mass is 1530 g/mol. The van der Waals surface area contributed by atoms with E-state index in [1.807, 2.05) is 61.2 Å². The minimum Gasteiger partial charge on any atom is -0.462 e. The molecule has 113 heavy (non-hydrogen) atoms. The molecule has 11 heteroatoms. The number of aliphatic hydroxyl groups is 1. The molecule has 4 aromatic heterocycles. The van der Waals surface area contributed by atoms with Crippen LogP contribution in [0.4, 0.5) is 0 Å². The number of pyridine rings is 4. The summed E-state index contributed by atoms with van der Waals surface area (Å²) in [5.74, 6) is 4.76. The molecule has 1 N–H and O–H groups in total. The summed E-state index contributed by atoms with van der Waals surface area (Å²) in [4.78, 5) is 51.5. The standard InChI is InChI=1S/3C26H33NO2.C24H31NO/c3*1-17(28)29-20-10-12-25(2)19(15-20)6-7-21-23-9-8-22(18-5-4-14-27-16-18)26(23,3)13-11-24(21)25;1-23-11-9-18(26)14-17(23)5-6-19-21-8-7-20(16-4-3-13-25-15-16)24(21,2)12-10-22(19)23/h3*4-6,8,14,16,20-21,23-24H,7,9-13,15H2,1-3H3;3-5,7,13,15,18-19,21-22,26H,6,8-12,14H2,1-2H3/t3*20-,21?,23?,24?,25-,26+;18-,19?,21?,22?,23-,24+/m0000/s1/i8D,14D;9D2;8D;8D2. The summed E-state index contributed by atoms with van der Waals surface area (Å²) >= 11 is 0. The Morgan fingerprint density at radius 3 is 0.991 bits per heavy atom. The quantitative estimate of drug-likeness (QED) is 0.107. The number of allylic oxidation sites excluding steroid dienone is 12. The average molecular weight is 1530 g/mol. The van der Waals surface area contributed by atoms with Gasteiger partial charge in [-0.3, -0.25) is 34.3 Å². The summed E-state index contributed by atoms with van der Waals surface area (Å²) < 4.78 is 78.1. The Morgan fingerprint density at radius 1 is 0.363 bits per heavy atom. The third-order valence-corrected chi connectivity index (χ3v) is 34.4. The third kappa shape index (κ3) is 13.7. The Kier molecular flexibility index (Phi) is 18.9. The maximum Gasteiger partial charge on any atom is 0.302 e. The van der Waals surface area contributed by atoms with Gasteiger partial charge >= 0.3 is 17.9 Å². The van der Waals surface area contributed by atoms with Crippen molar-refractivity contribution in [1.82, 2.24) is 19.9 Å². The molecule has 0 aromatic carbocycles. The number of carbonyl (C=O) groups excluding carboxylic acids is 3. The molecule has 0 saturated heterocycles. The first-order chi connectivity index (χ1) is 57.0. The number of hydrogen-bond donors (Lipinski definition) is 1. The molecule has 12 unspecified atom stereocenters. The van der Waals surface area contributed by atoms with E-state index in [1.165, 1.54) is 67.1 Å². The zero-order valence-electron chi connectivity index (χ0n) is 76.4. The van der Waals surface area contributed by atoms with Gasteiger partial charge in [-0.2, -0.15) is 0 Å². The fraction of sp³-hybridized carbons (Fsp3) is 0.618. The first kappa shape index (κ1) is 70.1. The van der Waals surface area contributed by atoms with Crippen molar-refractivity contribution in [3.63, 3.8) is 0 Å². The number of rotatable bonds is 7. The lowest BCUT2D eigenvalue weighted by Gasteiger charge is -2.57. The van der Waals surface area contributed by atoms with Crippen molar-refractivity contribution in [3.05, 3.63) is 191 Å². The highest BCUT2D eigenvalue weighted by atomic mass is 16.5. The summed E-state index contributed by atoms with van der Waals surface area (Å²) in [6.45, 7) is 23.6. The van der Waals surface area contributed by atoms with Crippen molar-refractivity contribution in [1.29, 1.82) is 0 Å². The van der Waals surface area contributed by atoms with Gasteiger partial charge in [0.1, 0.15) is 18.3 Å². The number of carbonyl (C=O) groups is 3. The molecule has 8 saturated carbocycles. The molecule has 4 heterocycles. The lowest BCUT2D eigenvalue weighted by molar-refractivity contribution is -0.149. The predicted octanol–water partition coefficient (Wildman–Crippen LogP) is 23.3. The van der Waals surface area contributed by atoms with E-state index < -0.39 is 12.7 Å². The van der Waals surface area contributed by atoms with Gasteiger partial charge in [0.05, 0.1) is 10.2 Å². The van der Waals surface area contributed by atoms with Crippen LogP contribution in [-0.2, 0) is 28.6 Å². The van der Waals surface area contributed by atoms with Gasteiger partial charge in [-0.1, -0.05) is 151 Å². The molecule has 600 valence electrons. The van der Waals surface area contributed by atoms with Crippen LogP contribution in [0.15, 0.2) is 169 Å². The first-order valence-electron chi connectivity index (χ1n) is 47.4. The van der Waals surface area contributed by atoms with Crippen molar-refractivity contribution in [3.8, 4) is 0 Å². The zero-order valence-corrected chi connectivity index (χ0v) is 69.4. The van der Waals surface area contributed by atoms with Gasteiger partial charge in [-0.25, -0.2) is 0 Å². The number of aromatic nitrogens is 4.